The highest BCUT2D eigenvalue weighted by Crippen LogP contribution is 2.31. The third-order valence-electron chi connectivity index (χ3n) is 4.46. The van der Waals surface area contributed by atoms with Crippen LogP contribution in [0.3, 0.4) is 0 Å². The minimum Gasteiger partial charge on any atom is -0.448 e. The molecule has 14 heteroatoms. The highest BCUT2D eigenvalue weighted by molar-refractivity contribution is 8.00. The fourth-order valence-electron chi connectivity index (χ4n) is 2.74. The Balaban J connectivity index is 2.16. The van der Waals surface area contributed by atoms with Crippen LogP contribution in [0.2, 0.25) is 0 Å². The first-order chi connectivity index (χ1) is 17.4. The van der Waals surface area contributed by atoms with Crippen molar-refractivity contribution in [2.24, 2.45) is 17.8 Å². The van der Waals surface area contributed by atoms with Crippen molar-refractivity contribution in [2.75, 3.05) is 37.1 Å². The van der Waals surface area contributed by atoms with Crippen molar-refractivity contribution in [1.82, 2.24) is 9.55 Å². The number of imide groups is 1. The summed E-state index contributed by atoms with van der Waals surface area (Å²) in [6, 6.07) is 0. The molecule has 0 saturated carbocycles. The van der Waals surface area contributed by atoms with Crippen molar-refractivity contribution in [2.45, 2.75) is 53.2 Å². The van der Waals surface area contributed by atoms with E-state index in [4.69, 9.17) is 23.7 Å². The smallest absolute Gasteiger partial charge is 0.448 e. The molecule has 1 aromatic heterocycles. The van der Waals surface area contributed by atoms with Crippen molar-refractivity contribution >= 4 is 35.9 Å². The maximum atomic E-state index is 15.1. The number of hydrogen-bond donors (Lipinski definition) is 0. The fraction of sp³-hybridized carbons (Fsp3) is 0.696. The SMILES string of the molecule is CC(C)COC(=O)OC[C@@H]1O[C@H](n2cc(F)c(N(C(=O)OCC(C)C)C(=O)OCC(C)C)nc2=O)CS1. The van der Waals surface area contributed by atoms with Crippen LogP contribution >= 0.6 is 11.8 Å². The zero-order valence-electron chi connectivity index (χ0n) is 21.8. The molecule has 2 atom stereocenters. The van der Waals surface area contributed by atoms with E-state index in [9.17, 15) is 19.2 Å². The van der Waals surface area contributed by atoms with Gasteiger partial charge in [-0.05, 0) is 17.8 Å². The average molecular weight is 548 g/mol. The van der Waals surface area contributed by atoms with Crippen molar-refractivity contribution in [3.05, 3.63) is 22.5 Å². The van der Waals surface area contributed by atoms with Crippen molar-refractivity contribution in [1.29, 1.82) is 0 Å². The van der Waals surface area contributed by atoms with Gasteiger partial charge in [0.15, 0.2) is 11.6 Å². The average Bonchev–Trinajstić information content (AvgIpc) is 3.29. The molecule has 208 valence electrons. The molecule has 0 bridgehead atoms. The van der Waals surface area contributed by atoms with Gasteiger partial charge in [0.25, 0.3) is 0 Å². The summed E-state index contributed by atoms with van der Waals surface area (Å²) in [6.45, 7) is 10.8. The van der Waals surface area contributed by atoms with E-state index in [0.29, 0.717) is 0 Å². The Labute approximate surface area is 218 Å². The van der Waals surface area contributed by atoms with E-state index in [-0.39, 0.29) is 54.8 Å². The molecule has 1 aromatic rings. The largest absolute Gasteiger partial charge is 0.508 e. The Kier molecular flexibility index (Phi) is 11.6. The van der Waals surface area contributed by atoms with Gasteiger partial charge in [-0.25, -0.2) is 23.6 Å². The van der Waals surface area contributed by atoms with Gasteiger partial charge >= 0.3 is 24.0 Å². The van der Waals surface area contributed by atoms with Crippen LogP contribution in [0.25, 0.3) is 0 Å². The topological polar surface area (TPSA) is 135 Å². The molecule has 1 aliphatic heterocycles. The summed E-state index contributed by atoms with van der Waals surface area (Å²) < 4.78 is 41.7. The van der Waals surface area contributed by atoms with E-state index in [2.05, 4.69) is 4.98 Å². The van der Waals surface area contributed by atoms with Crippen LogP contribution < -0.4 is 10.6 Å². The van der Waals surface area contributed by atoms with Crippen LogP contribution in [0, 0.1) is 23.6 Å². The molecule has 0 unspecified atom stereocenters. The Morgan fingerprint density at radius 2 is 1.57 bits per heavy atom. The third kappa shape index (κ3) is 9.50. The van der Waals surface area contributed by atoms with Gasteiger partial charge < -0.3 is 23.7 Å². The number of anilines is 1. The summed E-state index contributed by atoms with van der Waals surface area (Å²) in [5.41, 5.74) is -1.60. The van der Waals surface area contributed by atoms with Gasteiger partial charge in [-0.15, -0.1) is 11.8 Å². The molecule has 1 saturated heterocycles. The molecule has 2 heterocycles. The van der Waals surface area contributed by atoms with Crippen molar-refractivity contribution < 1.29 is 42.5 Å². The number of amides is 2. The highest BCUT2D eigenvalue weighted by Gasteiger charge is 2.34. The first-order valence-corrected chi connectivity index (χ1v) is 12.9. The number of halogens is 1. The number of carbonyl (C=O) groups excluding carboxylic acids is 3. The lowest BCUT2D eigenvalue weighted by atomic mass is 10.2. The molecule has 37 heavy (non-hydrogen) atoms. The second-order valence-corrected chi connectivity index (χ2v) is 10.7. The molecular weight excluding hydrogens is 513 g/mol. The Hall–Kier alpha value is -2.87. The normalized spacial score (nSPS) is 17.2. The number of nitrogens with zero attached hydrogens (tertiary/aromatic N) is 3. The number of hydrogen-bond acceptors (Lipinski definition) is 11. The first-order valence-electron chi connectivity index (χ1n) is 11.9. The third-order valence-corrected chi connectivity index (χ3v) is 5.56. The van der Waals surface area contributed by atoms with Crippen LogP contribution in [-0.2, 0) is 23.7 Å². The van der Waals surface area contributed by atoms with Gasteiger partial charge in [0.05, 0.1) is 26.0 Å². The van der Waals surface area contributed by atoms with Crippen LogP contribution in [-0.4, -0.2) is 65.5 Å². The standard InChI is InChI=1S/C23H34FN3O9S/c1-13(2)8-32-21(29)27(22(30)33-9-14(3)4)19-16(24)7-26(20(28)25-19)17-12-37-18(36-17)11-35-23(31)34-10-15(5)6/h7,13-15,17-18H,8-12H2,1-6H3/t17-,18+/m0/s1. The van der Waals surface area contributed by atoms with E-state index in [1.54, 1.807) is 27.7 Å². The van der Waals surface area contributed by atoms with E-state index in [0.717, 1.165) is 10.8 Å². The van der Waals surface area contributed by atoms with Crippen molar-refractivity contribution in [3.8, 4) is 0 Å². The molecule has 12 nitrogen and oxygen atoms in total. The number of ether oxygens (including phenoxy) is 5. The Morgan fingerprint density at radius 3 is 2.11 bits per heavy atom. The first kappa shape index (κ1) is 30.4. The summed E-state index contributed by atoms with van der Waals surface area (Å²) in [5.74, 6) is -1.73. The van der Waals surface area contributed by atoms with E-state index >= 15 is 4.39 Å². The summed E-state index contributed by atoms with van der Waals surface area (Å²) in [4.78, 5) is 53.4. The number of thioether (sulfide) groups is 1. The number of rotatable bonds is 10. The van der Waals surface area contributed by atoms with Gasteiger partial charge in [-0.2, -0.15) is 9.88 Å². The molecule has 0 N–H and O–H groups in total. The van der Waals surface area contributed by atoms with Crippen molar-refractivity contribution in [3.63, 3.8) is 0 Å². The quantitative estimate of drug-likeness (QED) is 0.308. The summed E-state index contributed by atoms with van der Waals surface area (Å²) in [7, 11) is 0. The minimum absolute atomic E-state index is 0.0485. The maximum Gasteiger partial charge on any atom is 0.508 e. The summed E-state index contributed by atoms with van der Waals surface area (Å²) >= 11 is 1.24. The monoisotopic (exact) mass is 547 g/mol. The molecule has 0 spiro atoms. The molecule has 0 aliphatic carbocycles. The van der Waals surface area contributed by atoms with Gasteiger partial charge in [-0.1, -0.05) is 41.5 Å². The second kappa shape index (κ2) is 14.2. The lowest BCUT2D eigenvalue weighted by Crippen LogP contribution is -2.42. The van der Waals surface area contributed by atoms with E-state index in [1.807, 2.05) is 13.8 Å². The fourth-order valence-corrected chi connectivity index (χ4v) is 3.73. The molecule has 1 aliphatic rings. The highest BCUT2D eigenvalue weighted by atomic mass is 32.2. The van der Waals surface area contributed by atoms with Crippen LogP contribution in [0.5, 0.6) is 0 Å². The van der Waals surface area contributed by atoms with Gasteiger partial charge in [0.2, 0.25) is 0 Å². The van der Waals surface area contributed by atoms with Gasteiger partial charge in [0.1, 0.15) is 18.3 Å². The van der Waals surface area contributed by atoms with E-state index < -0.39 is 47.3 Å². The van der Waals surface area contributed by atoms with Gasteiger partial charge in [0, 0.05) is 5.75 Å². The summed E-state index contributed by atoms with van der Waals surface area (Å²) in [5, 5.41) is 0. The van der Waals surface area contributed by atoms with Crippen LogP contribution in [0.4, 0.5) is 24.6 Å². The lowest BCUT2D eigenvalue weighted by Gasteiger charge is -2.21. The molecule has 0 aromatic carbocycles. The molecular formula is C23H34FN3O9S. The summed E-state index contributed by atoms with van der Waals surface area (Å²) in [6.07, 6.45) is -3.43. The van der Waals surface area contributed by atoms with Gasteiger partial charge in [-0.3, -0.25) is 4.57 Å². The minimum atomic E-state index is -1.22. The maximum absolute atomic E-state index is 15.1. The lowest BCUT2D eigenvalue weighted by molar-refractivity contribution is -0.0254. The number of aromatic nitrogens is 2. The van der Waals surface area contributed by atoms with Crippen LogP contribution in [0.15, 0.2) is 11.0 Å². The van der Waals surface area contributed by atoms with Crippen LogP contribution in [0.1, 0.15) is 47.8 Å². The predicted molar refractivity (Wildman–Crippen MR) is 132 cm³/mol. The molecule has 0 radical (unpaired) electrons. The Morgan fingerprint density at radius 1 is 1.03 bits per heavy atom. The Bertz CT molecular complexity index is 978. The zero-order chi connectivity index (χ0) is 27.7. The second-order valence-electron chi connectivity index (χ2n) is 9.50. The molecule has 2 rings (SSSR count). The molecule has 1 fully saturated rings. The molecule has 2 amide bonds. The predicted octanol–water partition coefficient (Wildman–Crippen LogP) is 4.17. The number of carbonyl (C=O) groups is 3. The zero-order valence-corrected chi connectivity index (χ0v) is 22.6. The van der Waals surface area contributed by atoms with E-state index in [1.165, 1.54) is 11.8 Å².